The van der Waals surface area contributed by atoms with Gasteiger partial charge in [-0.05, 0) is 45.2 Å². The lowest BCUT2D eigenvalue weighted by atomic mass is 9.95. The van der Waals surface area contributed by atoms with Crippen LogP contribution in [0, 0.1) is 0 Å². The molecule has 18 heavy (non-hydrogen) atoms. The van der Waals surface area contributed by atoms with Crippen molar-refractivity contribution in [1.82, 2.24) is 4.90 Å². The molecule has 0 N–H and O–H groups in total. The Hall–Kier alpha value is -1.51. The first kappa shape index (κ1) is 12.9. The van der Waals surface area contributed by atoms with Crippen LogP contribution < -0.4 is 0 Å². The first-order valence-electron chi connectivity index (χ1n) is 6.43. The van der Waals surface area contributed by atoms with Gasteiger partial charge in [-0.1, -0.05) is 24.3 Å². The summed E-state index contributed by atoms with van der Waals surface area (Å²) in [5.74, 6) is 0. The molecule has 2 rings (SSSR count). The minimum Gasteiger partial charge on any atom is -0.444 e. The summed E-state index contributed by atoms with van der Waals surface area (Å²) < 4.78 is 5.45. The number of carbonyl (C=O) groups excluding carboxylic acids is 1. The van der Waals surface area contributed by atoms with E-state index in [1.54, 1.807) is 0 Å². The van der Waals surface area contributed by atoms with Gasteiger partial charge in [0.1, 0.15) is 5.60 Å². The van der Waals surface area contributed by atoms with E-state index in [0.717, 1.165) is 6.42 Å². The second-order valence-corrected chi connectivity index (χ2v) is 5.93. The van der Waals surface area contributed by atoms with Crippen molar-refractivity contribution >= 4 is 6.09 Å². The number of carbonyl (C=O) groups is 1. The quantitative estimate of drug-likeness (QED) is 0.703. The third-order valence-corrected chi connectivity index (χ3v) is 3.13. The van der Waals surface area contributed by atoms with Crippen molar-refractivity contribution in [2.45, 2.75) is 52.3 Å². The molecule has 1 aliphatic rings. The number of rotatable bonds is 0. The molecule has 0 fully saturated rings. The summed E-state index contributed by atoms with van der Waals surface area (Å²) in [6.45, 7) is 8.40. The van der Waals surface area contributed by atoms with Gasteiger partial charge in [-0.25, -0.2) is 4.79 Å². The molecule has 0 aliphatic carbocycles. The fraction of sp³-hybridized carbons (Fsp3) is 0.533. The van der Waals surface area contributed by atoms with Crippen molar-refractivity contribution in [1.29, 1.82) is 0 Å². The highest BCUT2D eigenvalue weighted by Gasteiger charge is 2.29. The van der Waals surface area contributed by atoms with Gasteiger partial charge in [0.2, 0.25) is 0 Å². The number of hydrogen-bond acceptors (Lipinski definition) is 2. The standard InChI is InChI=1S/C15H21NO2/c1-11-9-12-7-5-6-8-13(12)10-16(11)14(17)18-15(2,3)4/h5-8,11H,9-10H2,1-4H3/t11-/m0/s1. The van der Waals surface area contributed by atoms with Crippen molar-refractivity contribution in [2.75, 3.05) is 0 Å². The summed E-state index contributed by atoms with van der Waals surface area (Å²) >= 11 is 0. The predicted octanol–water partition coefficient (Wildman–Crippen LogP) is 3.37. The Labute approximate surface area is 109 Å². The molecule has 0 saturated heterocycles. The van der Waals surface area contributed by atoms with Crippen molar-refractivity contribution < 1.29 is 9.53 Å². The maximum Gasteiger partial charge on any atom is 0.410 e. The fourth-order valence-electron chi connectivity index (χ4n) is 2.24. The number of fused-ring (bicyclic) bond motifs is 1. The Bertz CT molecular complexity index is 448. The van der Waals surface area contributed by atoms with E-state index in [-0.39, 0.29) is 12.1 Å². The molecule has 1 amide bonds. The molecule has 1 aromatic carbocycles. The number of nitrogens with zero attached hydrogens (tertiary/aromatic N) is 1. The van der Waals surface area contributed by atoms with E-state index >= 15 is 0 Å². The monoisotopic (exact) mass is 247 g/mol. The molecule has 98 valence electrons. The molecule has 0 radical (unpaired) electrons. The maximum atomic E-state index is 12.1. The Morgan fingerprint density at radius 3 is 2.50 bits per heavy atom. The molecule has 1 heterocycles. The number of hydrogen-bond donors (Lipinski definition) is 0. The van der Waals surface area contributed by atoms with Gasteiger partial charge in [0, 0.05) is 12.6 Å². The lowest BCUT2D eigenvalue weighted by molar-refractivity contribution is 0.0138. The first-order chi connectivity index (χ1) is 8.37. The lowest BCUT2D eigenvalue weighted by Crippen LogP contribution is -2.45. The second kappa shape index (κ2) is 4.63. The average molecular weight is 247 g/mol. The van der Waals surface area contributed by atoms with Crippen LogP contribution in [0.4, 0.5) is 4.79 Å². The van der Waals surface area contributed by atoms with E-state index in [0.29, 0.717) is 6.54 Å². The van der Waals surface area contributed by atoms with Crippen LogP contribution in [0.25, 0.3) is 0 Å². The molecule has 0 unspecified atom stereocenters. The van der Waals surface area contributed by atoms with E-state index < -0.39 is 5.60 Å². The van der Waals surface area contributed by atoms with Crippen molar-refractivity contribution in [3.8, 4) is 0 Å². The Kier molecular flexibility index (Phi) is 3.33. The molecule has 0 aromatic heterocycles. The minimum absolute atomic E-state index is 0.190. The molecule has 1 aromatic rings. The zero-order valence-corrected chi connectivity index (χ0v) is 11.6. The predicted molar refractivity (Wildman–Crippen MR) is 71.4 cm³/mol. The van der Waals surface area contributed by atoms with Crippen molar-refractivity contribution in [2.24, 2.45) is 0 Å². The van der Waals surface area contributed by atoms with Gasteiger partial charge in [0.25, 0.3) is 0 Å². The van der Waals surface area contributed by atoms with Gasteiger partial charge in [-0.3, -0.25) is 0 Å². The summed E-state index contributed by atoms with van der Waals surface area (Å²) in [6, 6.07) is 8.47. The smallest absolute Gasteiger partial charge is 0.410 e. The third-order valence-electron chi connectivity index (χ3n) is 3.13. The van der Waals surface area contributed by atoms with Crippen LogP contribution in [0.1, 0.15) is 38.8 Å². The van der Waals surface area contributed by atoms with Gasteiger partial charge < -0.3 is 9.64 Å². The van der Waals surface area contributed by atoms with Gasteiger partial charge in [-0.15, -0.1) is 0 Å². The van der Waals surface area contributed by atoms with Crippen molar-refractivity contribution in [3.63, 3.8) is 0 Å². The largest absolute Gasteiger partial charge is 0.444 e. The number of benzene rings is 1. The highest BCUT2D eigenvalue weighted by atomic mass is 16.6. The highest BCUT2D eigenvalue weighted by molar-refractivity contribution is 5.69. The van der Waals surface area contributed by atoms with E-state index in [4.69, 9.17) is 4.74 Å². The molecule has 1 aliphatic heterocycles. The SMILES string of the molecule is C[C@H]1Cc2ccccc2CN1C(=O)OC(C)(C)C. The fourth-order valence-corrected chi connectivity index (χ4v) is 2.24. The van der Waals surface area contributed by atoms with E-state index in [9.17, 15) is 4.79 Å². The van der Waals surface area contributed by atoms with E-state index in [1.807, 2.05) is 31.7 Å². The van der Waals surface area contributed by atoms with Crippen LogP contribution in [-0.4, -0.2) is 22.6 Å². The average Bonchev–Trinajstić information content (AvgIpc) is 2.25. The first-order valence-corrected chi connectivity index (χ1v) is 6.43. The van der Waals surface area contributed by atoms with E-state index in [2.05, 4.69) is 25.1 Å². The number of amides is 1. The summed E-state index contributed by atoms with van der Waals surface area (Å²) in [4.78, 5) is 14.0. The number of ether oxygens (including phenoxy) is 1. The van der Waals surface area contributed by atoms with Gasteiger partial charge in [0.15, 0.2) is 0 Å². The van der Waals surface area contributed by atoms with Gasteiger partial charge in [-0.2, -0.15) is 0 Å². The molecular weight excluding hydrogens is 226 g/mol. The summed E-state index contributed by atoms with van der Waals surface area (Å²) in [5.41, 5.74) is 2.12. The van der Waals surface area contributed by atoms with Crippen LogP contribution >= 0.6 is 0 Å². The molecule has 0 bridgehead atoms. The zero-order valence-electron chi connectivity index (χ0n) is 11.6. The maximum absolute atomic E-state index is 12.1. The van der Waals surface area contributed by atoms with Crippen LogP contribution in [0.3, 0.4) is 0 Å². The summed E-state index contributed by atoms with van der Waals surface area (Å²) in [6.07, 6.45) is 0.680. The van der Waals surface area contributed by atoms with Crippen LogP contribution in [-0.2, 0) is 17.7 Å². The van der Waals surface area contributed by atoms with Crippen LogP contribution in [0.15, 0.2) is 24.3 Å². The molecule has 1 atom stereocenters. The summed E-state index contributed by atoms with van der Waals surface area (Å²) in [7, 11) is 0. The molecule has 0 saturated carbocycles. The minimum atomic E-state index is -0.437. The van der Waals surface area contributed by atoms with Crippen LogP contribution in [0.2, 0.25) is 0 Å². The van der Waals surface area contributed by atoms with Crippen LogP contribution in [0.5, 0.6) is 0 Å². The topological polar surface area (TPSA) is 29.5 Å². The van der Waals surface area contributed by atoms with Gasteiger partial charge >= 0.3 is 6.09 Å². The summed E-state index contributed by atoms with van der Waals surface area (Å²) in [5, 5.41) is 0. The van der Waals surface area contributed by atoms with E-state index in [1.165, 1.54) is 11.1 Å². The van der Waals surface area contributed by atoms with Gasteiger partial charge in [0.05, 0.1) is 0 Å². The zero-order chi connectivity index (χ0) is 13.3. The highest BCUT2D eigenvalue weighted by Crippen LogP contribution is 2.24. The second-order valence-electron chi connectivity index (χ2n) is 5.93. The molecule has 3 nitrogen and oxygen atoms in total. The Balaban J connectivity index is 2.14. The molecular formula is C15H21NO2. The van der Waals surface area contributed by atoms with Crippen molar-refractivity contribution in [3.05, 3.63) is 35.4 Å². The Morgan fingerprint density at radius 2 is 1.89 bits per heavy atom. The lowest BCUT2D eigenvalue weighted by Gasteiger charge is -2.36. The normalized spacial score (nSPS) is 19.3. The third kappa shape index (κ3) is 2.84. The Morgan fingerprint density at radius 1 is 1.28 bits per heavy atom. The molecule has 3 heteroatoms. The molecule has 0 spiro atoms.